The Morgan fingerprint density at radius 3 is 2.58 bits per heavy atom. The van der Waals surface area contributed by atoms with E-state index in [0.29, 0.717) is 50.6 Å². The molecule has 2 aromatic rings. The molecule has 0 unspecified atom stereocenters. The molecule has 0 saturated carbocycles. The van der Waals surface area contributed by atoms with Crippen molar-refractivity contribution in [1.29, 1.82) is 5.26 Å². The summed E-state index contributed by atoms with van der Waals surface area (Å²) < 4.78 is 21.6. The lowest BCUT2D eigenvalue weighted by Crippen LogP contribution is -2.41. The number of para-hydroxylation sites is 1. The van der Waals surface area contributed by atoms with Gasteiger partial charge in [-0.1, -0.05) is 24.3 Å². The van der Waals surface area contributed by atoms with E-state index in [4.69, 9.17) is 18.9 Å². The van der Waals surface area contributed by atoms with Crippen molar-refractivity contribution >= 4 is 18.0 Å². The van der Waals surface area contributed by atoms with Gasteiger partial charge in [-0.25, -0.2) is 0 Å². The summed E-state index contributed by atoms with van der Waals surface area (Å²) in [7, 11) is 1.46. The Hall–Kier alpha value is -3.83. The van der Waals surface area contributed by atoms with Crippen molar-refractivity contribution in [3.63, 3.8) is 0 Å². The molecular formula is C25H26N2O6. The number of carbonyl (C=O) groups excluding carboxylic acids is 2. The molecule has 0 aromatic heterocycles. The lowest BCUT2D eigenvalue weighted by atomic mass is 10.1. The fraction of sp³-hybridized carbons (Fsp3) is 0.320. The smallest absolute Gasteiger partial charge is 0.311 e. The molecule has 1 saturated heterocycles. The molecule has 0 N–H and O–H groups in total. The average molecular weight is 450 g/mol. The molecule has 1 aliphatic heterocycles. The Balaban J connectivity index is 1.58. The highest BCUT2D eigenvalue weighted by Gasteiger charge is 2.21. The topological polar surface area (TPSA) is 98.1 Å². The number of nitrogens with zero attached hydrogens (tertiary/aromatic N) is 2. The van der Waals surface area contributed by atoms with Crippen molar-refractivity contribution in [2.24, 2.45) is 0 Å². The van der Waals surface area contributed by atoms with Crippen molar-refractivity contribution < 1.29 is 28.5 Å². The maximum atomic E-state index is 12.6. The standard InChI is InChI=1S/C25H26N2O6/c1-30-23-17-19(16-20(18-26)25(29)27-11-14-31-15-12-27)9-10-22(23)33-24(28)8-5-13-32-21-6-3-2-4-7-21/h2-4,6-7,9-10,16-17H,5,8,11-15H2,1H3/b20-16+. The summed E-state index contributed by atoms with van der Waals surface area (Å²) in [6, 6.07) is 16.2. The number of benzene rings is 2. The lowest BCUT2D eigenvalue weighted by Gasteiger charge is -2.26. The first kappa shape index (κ1) is 23.8. The zero-order chi connectivity index (χ0) is 23.5. The SMILES string of the molecule is COc1cc(/C=C(\C#N)C(=O)N2CCOCC2)ccc1OC(=O)CCCOc1ccccc1. The predicted octanol–water partition coefficient (Wildman–Crippen LogP) is 3.23. The Kier molecular flexibility index (Phi) is 8.86. The van der Waals surface area contributed by atoms with Crippen molar-refractivity contribution in [2.75, 3.05) is 40.0 Å². The highest BCUT2D eigenvalue weighted by atomic mass is 16.6. The van der Waals surface area contributed by atoms with Gasteiger partial charge in [0, 0.05) is 19.5 Å². The fourth-order valence-electron chi connectivity index (χ4n) is 3.20. The highest BCUT2D eigenvalue weighted by Crippen LogP contribution is 2.29. The minimum Gasteiger partial charge on any atom is -0.494 e. The molecule has 8 heteroatoms. The van der Waals surface area contributed by atoms with Gasteiger partial charge in [0.05, 0.1) is 26.9 Å². The Bertz CT molecular complexity index is 1020. The number of amides is 1. The van der Waals surface area contributed by atoms with Crippen molar-refractivity contribution in [3.05, 3.63) is 59.7 Å². The van der Waals surface area contributed by atoms with Crippen LogP contribution in [-0.2, 0) is 14.3 Å². The summed E-state index contributed by atoms with van der Waals surface area (Å²) in [5.74, 6) is 0.594. The third-order valence-electron chi connectivity index (χ3n) is 4.91. The van der Waals surface area contributed by atoms with Crippen LogP contribution < -0.4 is 14.2 Å². The Labute approximate surface area is 192 Å². The van der Waals surface area contributed by atoms with E-state index in [1.165, 1.54) is 13.2 Å². The van der Waals surface area contributed by atoms with Crippen LogP contribution >= 0.6 is 0 Å². The molecule has 1 aliphatic rings. The average Bonchev–Trinajstić information content (AvgIpc) is 2.86. The zero-order valence-corrected chi connectivity index (χ0v) is 18.5. The maximum absolute atomic E-state index is 12.6. The third kappa shape index (κ3) is 7.09. The molecule has 0 spiro atoms. The van der Waals surface area contributed by atoms with Gasteiger partial charge < -0.3 is 23.8 Å². The molecule has 33 heavy (non-hydrogen) atoms. The van der Waals surface area contributed by atoms with Crippen molar-refractivity contribution in [2.45, 2.75) is 12.8 Å². The molecule has 8 nitrogen and oxygen atoms in total. The van der Waals surface area contributed by atoms with Crippen molar-refractivity contribution in [1.82, 2.24) is 4.90 Å². The summed E-state index contributed by atoms with van der Waals surface area (Å²) in [4.78, 5) is 26.4. The van der Waals surface area contributed by atoms with E-state index in [1.807, 2.05) is 36.4 Å². The number of morpholine rings is 1. The van der Waals surface area contributed by atoms with Crippen LogP contribution in [0.4, 0.5) is 0 Å². The summed E-state index contributed by atoms with van der Waals surface area (Å²) >= 11 is 0. The maximum Gasteiger partial charge on any atom is 0.311 e. The summed E-state index contributed by atoms with van der Waals surface area (Å²) in [6.45, 7) is 2.21. The lowest BCUT2D eigenvalue weighted by molar-refractivity contribution is -0.134. The minimum absolute atomic E-state index is 0.0158. The second-order valence-corrected chi connectivity index (χ2v) is 7.22. The van der Waals surface area contributed by atoms with Gasteiger partial charge in [-0.2, -0.15) is 5.26 Å². The van der Waals surface area contributed by atoms with Gasteiger partial charge in [0.25, 0.3) is 5.91 Å². The van der Waals surface area contributed by atoms with Crippen LogP contribution in [0.15, 0.2) is 54.1 Å². The van der Waals surface area contributed by atoms with Crippen LogP contribution in [0, 0.1) is 11.3 Å². The normalized spacial score (nSPS) is 13.7. The molecule has 3 rings (SSSR count). The van der Waals surface area contributed by atoms with E-state index in [2.05, 4.69) is 0 Å². The van der Waals surface area contributed by atoms with Crippen LogP contribution in [0.25, 0.3) is 6.08 Å². The second kappa shape index (κ2) is 12.3. The molecule has 0 aliphatic carbocycles. The Morgan fingerprint density at radius 1 is 1.12 bits per heavy atom. The molecule has 1 heterocycles. The molecule has 1 amide bonds. The number of hydrogen-bond acceptors (Lipinski definition) is 7. The van der Waals surface area contributed by atoms with E-state index in [-0.39, 0.29) is 23.7 Å². The van der Waals surface area contributed by atoms with E-state index in [9.17, 15) is 14.9 Å². The largest absolute Gasteiger partial charge is 0.494 e. The van der Waals surface area contributed by atoms with Crippen LogP contribution in [0.3, 0.4) is 0 Å². The van der Waals surface area contributed by atoms with Crippen LogP contribution in [0.2, 0.25) is 0 Å². The van der Waals surface area contributed by atoms with Crippen molar-refractivity contribution in [3.8, 4) is 23.3 Å². The van der Waals surface area contributed by atoms with Gasteiger partial charge in [0.1, 0.15) is 17.4 Å². The van der Waals surface area contributed by atoms with E-state index in [1.54, 1.807) is 23.1 Å². The van der Waals surface area contributed by atoms with Gasteiger partial charge in [0.15, 0.2) is 11.5 Å². The molecule has 0 bridgehead atoms. The van der Waals surface area contributed by atoms with E-state index in [0.717, 1.165) is 5.75 Å². The molecule has 0 atom stereocenters. The van der Waals surface area contributed by atoms with Crippen LogP contribution in [-0.4, -0.2) is 56.8 Å². The summed E-state index contributed by atoms with van der Waals surface area (Å²) in [5, 5.41) is 9.46. The first-order chi connectivity index (χ1) is 16.1. The van der Waals surface area contributed by atoms with Gasteiger partial charge in [-0.15, -0.1) is 0 Å². The van der Waals surface area contributed by atoms with Gasteiger partial charge in [0.2, 0.25) is 0 Å². The van der Waals surface area contributed by atoms with E-state index >= 15 is 0 Å². The molecular weight excluding hydrogens is 424 g/mol. The number of rotatable bonds is 9. The highest BCUT2D eigenvalue weighted by molar-refractivity contribution is 6.01. The third-order valence-corrected chi connectivity index (χ3v) is 4.91. The zero-order valence-electron chi connectivity index (χ0n) is 18.5. The number of hydrogen-bond donors (Lipinski definition) is 0. The molecule has 0 radical (unpaired) electrons. The van der Waals surface area contributed by atoms with E-state index < -0.39 is 5.97 Å². The number of carbonyl (C=O) groups is 2. The van der Waals surface area contributed by atoms with Crippen LogP contribution in [0.5, 0.6) is 17.2 Å². The number of nitriles is 1. The molecule has 2 aromatic carbocycles. The quantitative estimate of drug-likeness (QED) is 0.190. The number of ether oxygens (including phenoxy) is 4. The number of methoxy groups -OCH3 is 1. The number of esters is 1. The summed E-state index contributed by atoms with van der Waals surface area (Å²) in [6.07, 6.45) is 2.18. The monoisotopic (exact) mass is 450 g/mol. The molecule has 1 fully saturated rings. The summed E-state index contributed by atoms with van der Waals surface area (Å²) in [5.41, 5.74) is 0.600. The first-order valence-corrected chi connectivity index (χ1v) is 10.7. The van der Waals surface area contributed by atoms with Gasteiger partial charge in [-0.05, 0) is 42.3 Å². The van der Waals surface area contributed by atoms with Gasteiger partial charge >= 0.3 is 5.97 Å². The Morgan fingerprint density at radius 2 is 1.88 bits per heavy atom. The van der Waals surface area contributed by atoms with Crippen LogP contribution in [0.1, 0.15) is 18.4 Å². The fourth-order valence-corrected chi connectivity index (χ4v) is 3.20. The predicted molar refractivity (Wildman–Crippen MR) is 121 cm³/mol. The second-order valence-electron chi connectivity index (χ2n) is 7.22. The first-order valence-electron chi connectivity index (χ1n) is 10.7. The minimum atomic E-state index is -0.409. The van der Waals surface area contributed by atoms with Gasteiger partial charge in [-0.3, -0.25) is 9.59 Å². The molecule has 172 valence electrons.